The molecule has 2 aliphatic heterocycles. The number of unbranched alkanes of at least 4 members (excludes halogenated alkanes) is 1. The van der Waals surface area contributed by atoms with Gasteiger partial charge in [-0.1, -0.05) is 11.8 Å². The molecule has 2 aliphatic rings. The Balaban J connectivity index is 1.60. The van der Waals surface area contributed by atoms with Crippen molar-refractivity contribution in [2.75, 3.05) is 23.0 Å². The van der Waals surface area contributed by atoms with Crippen molar-refractivity contribution >= 4 is 63.2 Å². The number of rotatable bonds is 12. The predicted octanol–water partition coefficient (Wildman–Crippen LogP) is 0.425. The molecule has 0 aliphatic carbocycles. The number of hydrogen-bond donors (Lipinski definition) is 3. The first-order valence-electron chi connectivity index (χ1n) is 10.0. The van der Waals surface area contributed by atoms with Gasteiger partial charge in [-0.05, 0) is 40.6 Å². The van der Waals surface area contributed by atoms with E-state index in [1.165, 1.54) is 16.4 Å². The molecule has 1 saturated heterocycles. The molecule has 200 valence electrons. The van der Waals surface area contributed by atoms with E-state index in [1.54, 1.807) is 0 Å². The number of carboxylic acid groups (broad SMARTS) is 1. The molecule has 1 unspecified atom stereocenters. The van der Waals surface area contributed by atoms with Gasteiger partial charge in [0.25, 0.3) is 16.0 Å². The Morgan fingerprint density at radius 1 is 1.28 bits per heavy atom. The molecule has 0 saturated carbocycles. The SMILES string of the molecule is O=C(CSC(F)(F)F)NC1C(=O)N2C(C(=O)O)=C(CSc3nnnn3CCCCS(=O)(=O)O)CS[C@H]12. The van der Waals surface area contributed by atoms with Crippen LogP contribution in [0.2, 0.25) is 0 Å². The van der Waals surface area contributed by atoms with Crippen LogP contribution in [0.15, 0.2) is 16.4 Å². The number of aromatic nitrogens is 4. The van der Waals surface area contributed by atoms with E-state index in [4.69, 9.17) is 4.55 Å². The lowest BCUT2D eigenvalue weighted by Gasteiger charge is -2.49. The Hall–Kier alpha value is -2.03. The highest BCUT2D eigenvalue weighted by molar-refractivity contribution is 8.01. The summed E-state index contributed by atoms with van der Waals surface area (Å²) in [5.74, 6) is -4.12. The number of thioether (sulfide) groups is 3. The van der Waals surface area contributed by atoms with E-state index in [9.17, 15) is 41.1 Å². The third-order valence-corrected chi connectivity index (χ3v) is 8.75. The Kier molecular flexibility index (Phi) is 9.17. The number of aliphatic carboxylic acids is 1. The van der Waals surface area contributed by atoms with E-state index in [0.29, 0.717) is 17.2 Å². The van der Waals surface area contributed by atoms with E-state index < -0.39 is 68.1 Å². The van der Waals surface area contributed by atoms with E-state index in [2.05, 4.69) is 20.8 Å². The van der Waals surface area contributed by atoms with Crippen molar-refractivity contribution in [2.24, 2.45) is 0 Å². The number of hydrogen-bond acceptors (Lipinski definition) is 11. The summed E-state index contributed by atoms with van der Waals surface area (Å²) in [7, 11) is -4.07. The zero-order chi connectivity index (χ0) is 26.7. The van der Waals surface area contributed by atoms with Crippen molar-refractivity contribution in [3.63, 3.8) is 0 Å². The van der Waals surface area contributed by atoms with Gasteiger partial charge in [-0.3, -0.25) is 19.0 Å². The van der Waals surface area contributed by atoms with Crippen LogP contribution in [-0.4, -0.2) is 101 Å². The first-order valence-corrected chi connectivity index (χ1v) is 14.6. The highest BCUT2D eigenvalue weighted by Crippen LogP contribution is 2.41. The molecule has 1 fully saturated rings. The van der Waals surface area contributed by atoms with Crippen LogP contribution in [0.3, 0.4) is 0 Å². The van der Waals surface area contributed by atoms with Gasteiger partial charge in [-0.25, -0.2) is 9.48 Å². The molecule has 0 radical (unpaired) electrons. The molecule has 2 amide bonds. The average Bonchev–Trinajstić information content (AvgIpc) is 3.22. The van der Waals surface area contributed by atoms with Crippen molar-refractivity contribution in [3.8, 4) is 0 Å². The monoisotopic (exact) mass is 592 g/mol. The number of alkyl halides is 3. The summed E-state index contributed by atoms with van der Waals surface area (Å²) in [6.07, 6.45) is 0.536. The molecular weight excluding hydrogens is 573 g/mol. The maximum atomic E-state index is 12.6. The average molecular weight is 593 g/mol. The van der Waals surface area contributed by atoms with Crippen molar-refractivity contribution < 1.29 is 45.6 Å². The van der Waals surface area contributed by atoms with Gasteiger partial charge in [-0.15, -0.1) is 16.9 Å². The summed E-state index contributed by atoms with van der Waals surface area (Å²) in [4.78, 5) is 37.3. The molecule has 1 aromatic heterocycles. The number of nitrogens with one attached hydrogen (secondary N) is 1. The molecule has 0 aromatic carbocycles. The predicted molar refractivity (Wildman–Crippen MR) is 122 cm³/mol. The molecule has 13 nitrogen and oxygen atoms in total. The van der Waals surface area contributed by atoms with Gasteiger partial charge >= 0.3 is 11.5 Å². The number of amides is 2. The second-order valence-corrected chi connectivity index (χ2v) is 12.1. The standard InChI is InChI=1S/C16H19F3N6O7S4/c17-16(18,19)35-7-9(26)20-10-12(27)25-11(14(28)29)8(5-33-13(10)25)6-34-15-21-22-23-24(15)3-1-2-4-36(30,31)32/h10,13H,1-7H2,(H,20,26)(H,28,29)(H,30,31,32)/t10?,13-/m1/s1. The van der Waals surface area contributed by atoms with E-state index in [0.717, 1.165) is 16.7 Å². The molecule has 3 heterocycles. The first-order chi connectivity index (χ1) is 16.8. The van der Waals surface area contributed by atoms with Crippen molar-refractivity contribution in [1.29, 1.82) is 0 Å². The number of nitrogens with zero attached hydrogens (tertiary/aromatic N) is 5. The molecule has 36 heavy (non-hydrogen) atoms. The lowest BCUT2D eigenvalue weighted by Crippen LogP contribution is -2.70. The first kappa shape index (κ1) is 28.5. The minimum atomic E-state index is -4.60. The number of β-lactam (4-membered cyclic amide) rings is 1. The number of carboxylic acids is 1. The van der Waals surface area contributed by atoms with Crippen molar-refractivity contribution in [2.45, 2.75) is 41.5 Å². The molecule has 0 bridgehead atoms. The van der Waals surface area contributed by atoms with E-state index in [1.807, 2.05) is 0 Å². The van der Waals surface area contributed by atoms with Gasteiger partial charge in [0.1, 0.15) is 17.1 Å². The van der Waals surface area contributed by atoms with Crippen LogP contribution in [0, 0.1) is 0 Å². The minimum absolute atomic E-state index is 0.107. The molecule has 0 spiro atoms. The summed E-state index contributed by atoms with van der Waals surface area (Å²) in [5, 5.41) is 22.7. The van der Waals surface area contributed by atoms with Crippen LogP contribution in [0.4, 0.5) is 13.2 Å². The summed E-state index contributed by atoms with van der Waals surface area (Å²) >= 11 is 1.73. The Bertz CT molecular complexity index is 1160. The lowest BCUT2D eigenvalue weighted by molar-refractivity contribution is -0.150. The van der Waals surface area contributed by atoms with Crippen LogP contribution >= 0.6 is 35.3 Å². The number of aryl methyl sites for hydroxylation is 1. The topological polar surface area (TPSA) is 185 Å². The number of halogens is 3. The minimum Gasteiger partial charge on any atom is -0.477 e. The van der Waals surface area contributed by atoms with Gasteiger partial charge in [-0.2, -0.15) is 21.6 Å². The third-order valence-electron chi connectivity index (χ3n) is 4.83. The normalized spacial score (nSPS) is 20.2. The fourth-order valence-electron chi connectivity index (χ4n) is 3.29. The van der Waals surface area contributed by atoms with Gasteiger partial charge < -0.3 is 10.4 Å². The van der Waals surface area contributed by atoms with Crippen molar-refractivity contribution in [1.82, 2.24) is 30.4 Å². The summed E-state index contributed by atoms with van der Waals surface area (Å²) in [6, 6.07) is -1.13. The maximum absolute atomic E-state index is 12.6. The van der Waals surface area contributed by atoms with Crippen LogP contribution in [0.25, 0.3) is 0 Å². The van der Waals surface area contributed by atoms with Crippen molar-refractivity contribution in [3.05, 3.63) is 11.3 Å². The Morgan fingerprint density at radius 2 is 2.00 bits per heavy atom. The largest absolute Gasteiger partial charge is 0.477 e. The van der Waals surface area contributed by atoms with Gasteiger partial charge in [0, 0.05) is 18.1 Å². The van der Waals surface area contributed by atoms with Crippen LogP contribution in [0.1, 0.15) is 12.8 Å². The number of fused-ring (bicyclic) bond motifs is 1. The summed E-state index contributed by atoms with van der Waals surface area (Å²) in [6.45, 7) is 0.255. The molecule has 3 rings (SSSR count). The highest BCUT2D eigenvalue weighted by Gasteiger charge is 2.54. The Labute approximate surface area is 214 Å². The van der Waals surface area contributed by atoms with Crippen LogP contribution in [0.5, 0.6) is 0 Å². The summed E-state index contributed by atoms with van der Waals surface area (Å²) in [5.41, 5.74) is -4.47. The second-order valence-electron chi connectivity index (χ2n) is 7.41. The zero-order valence-electron chi connectivity index (χ0n) is 18.0. The Morgan fingerprint density at radius 3 is 2.64 bits per heavy atom. The zero-order valence-corrected chi connectivity index (χ0v) is 21.3. The van der Waals surface area contributed by atoms with E-state index in [-0.39, 0.29) is 30.2 Å². The second kappa shape index (κ2) is 11.6. The number of tetrazole rings is 1. The molecule has 1 aromatic rings. The quantitative estimate of drug-likeness (QED) is 0.131. The smallest absolute Gasteiger partial charge is 0.442 e. The summed E-state index contributed by atoms with van der Waals surface area (Å²) < 4.78 is 68.6. The number of carbonyl (C=O) groups is 3. The fourth-order valence-corrected chi connectivity index (χ4v) is 6.63. The maximum Gasteiger partial charge on any atom is 0.442 e. The third kappa shape index (κ3) is 7.49. The molecule has 3 N–H and O–H groups in total. The highest BCUT2D eigenvalue weighted by atomic mass is 32.2. The lowest BCUT2D eigenvalue weighted by atomic mass is 10.0. The fraction of sp³-hybridized carbons (Fsp3) is 0.625. The van der Waals surface area contributed by atoms with Crippen LogP contribution in [-0.2, 0) is 31.0 Å². The van der Waals surface area contributed by atoms with E-state index >= 15 is 0 Å². The van der Waals surface area contributed by atoms with Gasteiger partial charge in [0.2, 0.25) is 11.1 Å². The molecule has 20 heteroatoms. The molecular formula is C16H19F3N6O7S4. The number of carbonyl (C=O) groups excluding carboxylic acids is 2. The van der Waals surface area contributed by atoms with Gasteiger partial charge in [0.15, 0.2) is 0 Å². The molecule has 2 atom stereocenters. The van der Waals surface area contributed by atoms with Gasteiger partial charge in [0.05, 0.1) is 11.5 Å². The van der Waals surface area contributed by atoms with Crippen LogP contribution < -0.4 is 5.32 Å².